The fraction of sp³-hybridized carbons (Fsp3) is 0.409. The number of hydrogen-bond donors (Lipinski definition) is 2. The number of carbonyl (C=O) groups is 1. The molecule has 7 aliphatic heterocycles. The number of aliphatic hydroxyl groups is 2. The number of alkyl halides is 1. The summed E-state index contributed by atoms with van der Waals surface area (Å²) in [6.07, 6.45) is 7.76. The Kier molecular flexibility index (Phi) is 24.5. The van der Waals surface area contributed by atoms with Gasteiger partial charge in [0.1, 0.15) is 21.2 Å². The Morgan fingerprint density at radius 3 is 1.51 bits per heavy atom. The van der Waals surface area contributed by atoms with Crippen LogP contribution in [0.4, 0.5) is 5.82 Å². The average Bonchev–Trinajstić information content (AvgIpc) is 4.57. The van der Waals surface area contributed by atoms with E-state index in [-0.39, 0.29) is 17.8 Å². The van der Waals surface area contributed by atoms with Gasteiger partial charge in [0.25, 0.3) is 5.82 Å². The van der Waals surface area contributed by atoms with Gasteiger partial charge in [0.15, 0.2) is 5.78 Å². The number of carbonyl (C=O) groups excluding carboxylic acids is 1. The molecule has 0 aromatic carbocycles. The summed E-state index contributed by atoms with van der Waals surface area (Å²) >= 11 is 22.8. The predicted octanol–water partition coefficient (Wildman–Crippen LogP) is 12.4. The van der Waals surface area contributed by atoms with Crippen LogP contribution in [0.1, 0.15) is 142 Å². The Hall–Kier alpha value is -7.81. The maximum atomic E-state index is 10.9. The van der Waals surface area contributed by atoms with Gasteiger partial charge in [0.2, 0.25) is 41.2 Å². The van der Waals surface area contributed by atoms with E-state index >= 15 is 0 Å². The van der Waals surface area contributed by atoms with Crippen molar-refractivity contribution >= 4 is 58.0 Å². The number of halogens is 4. The van der Waals surface area contributed by atoms with Crippen LogP contribution >= 0.6 is 46.4 Å². The molecule has 7 aliphatic rings. The molecule has 478 valence electrons. The summed E-state index contributed by atoms with van der Waals surface area (Å²) in [5, 5.41) is 27.1. The van der Waals surface area contributed by atoms with Crippen molar-refractivity contribution in [3.05, 3.63) is 185 Å². The van der Waals surface area contributed by atoms with E-state index in [2.05, 4.69) is 68.9 Å². The van der Waals surface area contributed by atoms with Crippen molar-refractivity contribution < 1.29 is 47.8 Å². The monoisotopic (exact) mass is 1320 g/mol. The second kappa shape index (κ2) is 33.0. The van der Waals surface area contributed by atoms with Gasteiger partial charge in [-0.15, -0.1) is 21.8 Å². The van der Waals surface area contributed by atoms with E-state index in [9.17, 15) is 9.90 Å². The lowest BCUT2D eigenvalue weighted by Crippen LogP contribution is -2.35. The number of pyridine rings is 7. The van der Waals surface area contributed by atoms with Crippen LogP contribution in [0.15, 0.2) is 89.3 Å². The second-order valence-electron chi connectivity index (χ2n) is 21.7. The molecule has 0 saturated carbocycles. The molecule has 3 atom stereocenters. The highest BCUT2D eigenvalue weighted by atomic mass is 35.5. The topological polar surface area (TPSA) is 250 Å². The summed E-state index contributed by atoms with van der Waals surface area (Å²) in [7, 11) is 0. The molecular formula is C66H71Cl4N11O10. The van der Waals surface area contributed by atoms with Crippen LogP contribution in [-0.2, 0) is 44.9 Å². The maximum Gasteiger partial charge on any atom is 0.312 e. The van der Waals surface area contributed by atoms with E-state index in [0.29, 0.717) is 100 Å². The highest BCUT2D eigenvalue weighted by Crippen LogP contribution is 2.34. The zero-order chi connectivity index (χ0) is 64.4. The van der Waals surface area contributed by atoms with Crippen molar-refractivity contribution in [2.75, 3.05) is 59.3 Å². The molecule has 0 spiro atoms. The van der Waals surface area contributed by atoms with Crippen LogP contribution in [-0.4, -0.2) is 125 Å². The molecule has 3 unspecified atom stereocenters. The largest absolute Gasteiger partial charge is 0.477 e. The molecule has 0 radical (unpaired) electrons. The molecule has 1 saturated heterocycles. The SMILES string of the molecule is CC(=O)c1ccc2c(n1)OCC2.CC(Cl)c1ccc2c(n1)OCC2.CC(O)c1ccc2c(n1)OCC2.Cc1nnc(C2CCN(C(C)c3ccc4c(n3)OCC4)CC2)o1.Clc1ccc2c(n1)OCC2.OCCc1ccc(Cl)nc1Cl.[C-]#[N+]c1ccc2c(n1)OCC2. The standard InChI is InChI=1S/C17H22N4O2.C9H10ClNO.C9H11NO2.C9H9NO2.C8H6N2O.C7H7Cl2NO.C7H6ClNO/c1-11(15-4-3-13-7-10-22-16(13)18-15)21-8-5-14(6-9-21)17-20-19-12(2)23-17;1-6(10)8-3-2-7-4-5-12-9(7)11-8;2*1-6(11)8-3-2-7-4-5-12-9(7)10-8;1-9-7-3-2-6-4-5-11-8(6)10-7;8-6-2-1-5(3-4-11)7(9)10-6;8-6-2-1-5-3-4-10-7(5)9-6/h3-4,11,14H,5-10H2,1-2H3;2-3,6H,4-5H2,1H3;2-3,6,11H,4-5H2,1H3;2-3H,4-5H2,1H3;2-3H,4-5H2;1-2,11H,3-4H2;1-2H,3-4H2. The zero-order valence-corrected chi connectivity index (χ0v) is 54.2. The molecule has 91 heavy (non-hydrogen) atoms. The molecule has 0 aliphatic carbocycles. The highest BCUT2D eigenvalue weighted by Gasteiger charge is 2.29. The van der Waals surface area contributed by atoms with E-state index in [1.807, 2.05) is 56.3 Å². The van der Waals surface area contributed by atoms with Crippen LogP contribution in [0.2, 0.25) is 15.5 Å². The molecule has 21 nitrogen and oxygen atoms in total. The van der Waals surface area contributed by atoms with Crippen molar-refractivity contribution in [1.82, 2.24) is 50.0 Å². The molecule has 2 N–H and O–H groups in total. The summed E-state index contributed by atoms with van der Waals surface area (Å²) < 4.78 is 37.4. The molecule has 8 aromatic rings. The van der Waals surface area contributed by atoms with Crippen molar-refractivity contribution in [3.8, 4) is 35.3 Å². The van der Waals surface area contributed by atoms with Crippen LogP contribution in [0.5, 0.6) is 35.3 Å². The summed E-state index contributed by atoms with van der Waals surface area (Å²) in [6, 6.07) is 26.9. The first kappa shape index (κ1) is 67.6. The van der Waals surface area contributed by atoms with Crippen LogP contribution in [0.3, 0.4) is 0 Å². The van der Waals surface area contributed by atoms with Gasteiger partial charge in [-0.25, -0.2) is 29.9 Å². The van der Waals surface area contributed by atoms with Crippen LogP contribution in [0.25, 0.3) is 4.85 Å². The Morgan fingerprint density at radius 2 is 1.02 bits per heavy atom. The van der Waals surface area contributed by atoms with Gasteiger partial charge in [-0.2, -0.15) is 0 Å². The molecule has 0 bridgehead atoms. The zero-order valence-electron chi connectivity index (χ0n) is 51.2. The summed E-state index contributed by atoms with van der Waals surface area (Å²) in [5.41, 5.74) is 10.9. The van der Waals surface area contributed by atoms with Gasteiger partial charge in [-0.3, -0.25) is 9.69 Å². The third kappa shape index (κ3) is 18.9. The first-order chi connectivity index (χ1) is 44.0. The number of rotatable bonds is 8. The number of aliphatic hydroxyl groups excluding tert-OH is 2. The smallest absolute Gasteiger partial charge is 0.312 e. The van der Waals surface area contributed by atoms with Gasteiger partial charge in [-0.1, -0.05) is 88.8 Å². The lowest BCUT2D eigenvalue weighted by atomic mass is 9.95. The van der Waals surface area contributed by atoms with E-state index in [1.54, 1.807) is 37.3 Å². The molecule has 1 fully saturated rings. The fourth-order valence-electron chi connectivity index (χ4n) is 10.2. The Morgan fingerprint density at radius 1 is 0.582 bits per heavy atom. The number of Topliss-reactive ketones (excluding diaryl/α,β-unsaturated/α-hetero) is 1. The number of hydrogen-bond acceptors (Lipinski definition) is 20. The van der Waals surface area contributed by atoms with Gasteiger partial charge in [0.05, 0.1) is 68.2 Å². The predicted molar refractivity (Wildman–Crippen MR) is 343 cm³/mol. The third-order valence-corrected chi connectivity index (χ3v) is 16.3. The van der Waals surface area contributed by atoms with E-state index < -0.39 is 6.10 Å². The summed E-state index contributed by atoms with van der Waals surface area (Å²) in [6.45, 7) is 22.3. The fourth-order valence-corrected chi connectivity index (χ4v) is 10.9. The first-order valence-corrected chi connectivity index (χ1v) is 31.7. The van der Waals surface area contributed by atoms with Crippen molar-refractivity contribution in [3.63, 3.8) is 0 Å². The minimum Gasteiger partial charge on any atom is -0.477 e. The molecule has 15 rings (SSSR count). The third-order valence-electron chi connectivity index (χ3n) is 15.3. The first-order valence-electron chi connectivity index (χ1n) is 30.1. The quantitative estimate of drug-likeness (QED) is 0.0621. The maximum absolute atomic E-state index is 10.9. The minimum absolute atomic E-state index is 0.0201. The summed E-state index contributed by atoms with van der Waals surface area (Å²) in [4.78, 5) is 45.7. The van der Waals surface area contributed by atoms with E-state index in [0.717, 1.165) is 141 Å². The summed E-state index contributed by atoms with van der Waals surface area (Å²) in [5.74, 6) is 6.46. The average molecular weight is 1320 g/mol. The second-order valence-corrected chi connectivity index (χ2v) is 23.5. The van der Waals surface area contributed by atoms with E-state index in [4.69, 9.17) is 95.9 Å². The number of fused-ring (bicyclic) bond motifs is 6. The molecule has 8 aromatic heterocycles. The highest BCUT2D eigenvalue weighted by molar-refractivity contribution is 6.32. The number of ketones is 1. The number of piperidine rings is 1. The van der Waals surface area contributed by atoms with Crippen molar-refractivity contribution in [1.29, 1.82) is 0 Å². The van der Waals surface area contributed by atoms with Crippen LogP contribution in [0, 0.1) is 13.5 Å². The lowest BCUT2D eigenvalue weighted by Gasteiger charge is -2.34. The normalized spacial score (nSPS) is 15.8. The van der Waals surface area contributed by atoms with Gasteiger partial charge >= 0.3 is 5.88 Å². The van der Waals surface area contributed by atoms with Gasteiger partial charge < -0.3 is 47.9 Å². The lowest BCUT2D eigenvalue weighted by molar-refractivity contribution is 0.101. The molecule has 25 heteroatoms. The van der Waals surface area contributed by atoms with E-state index in [1.165, 1.54) is 18.1 Å². The minimum atomic E-state index is -0.514. The molecule has 0 amide bonds. The van der Waals surface area contributed by atoms with Crippen molar-refractivity contribution in [2.45, 2.75) is 116 Å². The van der Waals surface area contributed by atoms with Crippen molar-refractivity contribution in [2.24, 2.45) is 0 Å². The number of likely N-dealkylation sites (tertiary alicyclic amines) is 1. The molecule has 15 heterocycles. The number of aryl methyl sites for hydroxylation is 1. The van der Waals surface area contributed by atoms with Crippen LogP contribution < -0.4 is 28.4 Å². The Bertz CT molecular complexity index is 3750. The Balaban J connectivity index is 0.000000129. The Labute approximate surface area is 548 Å². The van der Waals surface area contributed by atoms with Gasteiger partial charge in [0, 0.05) is 104 Å². The van der Waals surface area contributed by atoms with Gasteiger partial charge in [-0.05, 0) is 101 Å². The number of ether oxygens (including phenoxy) is 6. The molecular weight excluding hydrogens is 1250 g/mol. The number of aromatic nitrogens is 9. The number of nitrogens with zero attached hydrogens (tertiary/aromatic N) is 11.